The maximum absolute atomic E-state index is 13.4. The van der Waals surface area contributed by atoms with Crippen LogP contribution in [0.5, 0.6) is 5.75 Å². The van der Waals surface area contributed by atoms with E-state index >= 15 is 0 Å². The number of amides is 1. The Labute approximate surface area is 176 Å². The zero-order chi connectivity index (χ0) is 21.2. The number of aryl methyl sites for hydroxylation is 1. The fourth-order valence-corrected chi connectivity index (χ4v) is 3.95. The number of nitrogens with one attached hydrogen (secondary N) is 2. The molecule has 0 saturated carbocycles. The van der Waals surface area contributed by atoms with E-state index < -0.39 is 0 Å². The monoisotopic (exact) mass is 405 g/mol. The predicted molar refractivity (Wildman–Crippen MR) is 118 cm³/mol. The first-order valence-electron chi connectivity index (χ1n) is 10.9. The first-order chi connectivity index (χ1) is 14.0. The highest BCUT2D eigenvalue weighted by Gasteiger charge is 2.31. The predicted octanol–water partition coefficient (Wildman–Crippen LogP) is 2.57. The Kier molecular flexibility index (Phi) is 9.91. The molecule has 29 heavy (non-hydrogen) atoms. The van der Waals surface area contributed by atoms with Crippen LogP contribution in [-0.2, 0) is 11.2 Å². The van der Waals surface area contributed by atoms with Gasteiger partial charge in [-0.25, -0.2) is 0 Å². The van der Waals surface area contributed by atoms with Crippen molar-refractivity contribution in [2.45, 2.75) is 39.7 Å². The second-order valence-corrected chi connectivity index (χ2v) is 8.16. The highest BCUT2D eigenvalue weighted by molar-refractivity contribution is 5.95. The van der Waals surface area contributed by atoms with E-state index in [-0.39, 0.29) is 11.9 Å². The first kappa shape index (κ1) is 23.6. The van der Waals surface area contributed by atoms with E-state index in [1.165, 1.54) is 0 Å². The van der Waals surface area contributed by atoms with Crippen molar-refractivity contribution in [3.05, 3.63) is 29.3 Å². The Morgan fingerprint density at radius 3 is 2.69 bits per heavy atom. The molecule has 0 unspecified atom stereocenters. The molecule has 1 saturated heterocycles. The van der Waals surface area contributed by atoms with Gasteiger partial charge in [0, 0.05) is 44.8 Å². The number of hydrogen-bond acceptors (Lipinski definition) is 5. The van der Waals surface area contributed by atoms with Crippen molar-refractivity contribution < 1.29 is 14.3 Å². The number of carbonyl (C=O) groups is 1. The van der Waals surface area contributed by atoms with Crippen molar-refractivity contribution in [1.82, 2.24) is 15.5 Å². The van der Waals surface area contributed by atoms with Crippen LogP contribution < -0.4 is 15.4 Å². The Morgan fingerprint density at radius 1 is 1.28 bits per heavy atom. The molecule has 0 aromatic heterocycles. The molecule has 1 fully saturated rings. The molecule has 1 amide bonds. The lowest BCUT2D eigenvalue weighted by Gasteiger charge is -2.31. The van der Waals surface area contributed by atoms with Gasteiger partial charge in [0.1, 0.15) is 5.75 Å². The third-order valence-electron chi connectivity index (χ3n) is 5.71. The minimum absolute atomic E-state index is 0.0829. The molecular weight excluding hydrogens is 366 g/mol. The van der Waals surface area contributed by atoms with E-state index in [0.29, 0.717) is 30.6 Å². The SMILES string of the molecule is CCc1ccc(C(=O)N(C[C@@H]2CNC[C@@H]2CNC)C(C)C)cc1OCCCOC. The van der Waals surface area contributed by atoms with Gasteiger partial charge in [-0.2, -0.15) is 0 Å². The standard InChI is InChI=1S/C23H39N3O3/c1-6-18-8-9-19(12-22(18)29-11-7-10-28-5)23(27)26(17(2)3)16-21-15-25-14-20(21)13-24-4/h8-9,12,17,20-21,24-25H,6-7,10-11,13-16H2,1-5H3/t20-,21-/m0/s1. The maximum Gasteiger partial charge on any atom is 0.254 e. The van der Waals surface area contributed by atoms with E-state index in [1.54, 1.807) is 7.11 Å². The zero-order valence-corrected chi connectivity index (χ0v) is 18.8. The zero-order valence-electron chi connectivity index (χ0n) is 18.8. The van der Waals surface area contributed by atoms with Gasteiger partial charge in [-0.3, -0.25) is 4.79 Å². The molecule has 2 rings (SSSR count). The second-order valence-electron chi connectivity index (χ2n) is 8.16. The number of ether oxygens (including phenoxy) is 2. The van der Waals surface area contributed by atoms with E-state index in [1.807, 2.05) is 30.1 Å². The van der Waals surface area contributed by atoms with Gasteiger partial charge in [0.15, 0.2) is 0 Å². The number of nitrogens with zero attached hydrogens (tertiary/aromatic N) is 1. The fourth-order valence-electron chi connectivity index (χ4n) is 3.95. The molecule has 1 aliphatic heterocycles. The molecule has 1 aromatic carbocycles. The topological polar surface area (TPSA) is 62.8 Å². The van der Waals surface area contributed by atoms with E-state index in [4.69, 9.17) is 9.47 Å². The van der Waals surface area contributed by atoms with Crippen LogP contribution in [0, 0.1) is 11.8 Å². The van der Waals surface area contributed by atoms with Crippen LogP contribution in [0.4, 0.5) is 0 Å². The Morgan fingerprint density at radius 2 is 2.03 bits per heavy atom. The summed E-state index contributed by atoms with van der Waals surface area (Å²) in [6, 6.07) is 6.03. The van der Waals surface area contributed by atoms with Crippen molar-refractivity contribution in [3.8, 4) is 5.75 Å². The average Bonchev–Trinajstić information content (AvgIpc) is 3.15. The lowest BCUT2D eigenvalue weighted by Crippen LogP contribution is -2.43. The molecule has 0 radical (unpaired) electrons. The molecular formula is C23H39N3O3. The summed E-state index contributed by atoms with van der Waals surface area (Å²) in [5.41, 5.74) is 1.83. The lowest BCUT2D eigenvalue weighted by atomic mass is 9.94. The first-order valence-corrected chi connectivity index (χ1v) is 10.9. The van der Waals surface area contributed by atoms with Gasteiger partial charge in [-0.15, -0.1) is 0 Å². The smallest absolute Gasteiger partial charge is 0.254 e. The van der Waals surface area contributed by atoms with Crippen LogP contribution in [0.2, 0.25) is 0 Å². The minimum atomic E-state index is 0.0829. The summed E-state index contributed by atoms with van der Waals surface area (Å²) < 4.78 is 11.1. The second kappa shape index (κ2) is 12.2. The normalized spacial score (nSPS) is 19.0. The molecule has 1 aliphatic rings. The molecule has 6 nitrogen and oxygen atoms in total. The van der Waals surface area contributed by atoms with Gasteiger partial charge in [-0.05, 0) is 69.9 Å². The third kappa shape index (κ3) is 6.69. The molecule has 0 aliphatic carbocycles. The van der Waals surface area contributed by atoms with Gasteiger partial charge in [0.05, 0.1) is 6.61 Å². The number of hydrogen-bond donors (Lipinski definition) is 2. The molecule has 2 atom stereocenters. The minimum Gasteiger partial charge on any atom is -0.493 e. The van der Waals surface area contributed by atoms with Crippen molar-refractivity contribution in [2.24, 2.45) is 11.8 Å². The lowest BCUT2D eigenvalue weighted by molar-refractivity contribution is 0.0661. The molecule has 0 bridgehead atoms. The quantitative estimate of drug-likeness (QED) is 0.524. The van der Waals surface area contributed by atoms with Crippen molar-refractivity contribution >= 4 is 5.91 Å². The summed E-state index contributed by atoms with van der Waals surface area (Å²) in [7, 11) is 3.68. The molecule has 0 spiro atoms. The highest BCUT2D eigenvalue weighted by Crippen LogP contribution is 2.25. The number of benzene rings is 1. The molecule has 164 valence electrons. The van der Waals surface area contributed by atoms with Crippen LogP contribution in [0.1, 0.15) is 43.1 Å². The number of rotatable bonds is 12. The van der Waals surface area contributed by atoms with E-state index in [2.05, 4.69) is 31.4 Å². The third-order valence-corrected chi connectivity index (χ3v) is 5.71. The average molecular weight is 406 g/mol. The fraction of sp³-hybridized carbons (Fsp3) is 0.696. The van der Waals surface area contributed by atoms with Gasteiger partial charge in [0.25, 0.3) is 5.91 Å². The largest absolute Gasteiger partial charge is 0.493 e. The summed E-state index contributed by atoms with van der Waals surface area (Å²) in [4.78, 5) is 15.4. The maximum atomic E-state index is 13.4. The Hall–Kier alpha value is -1.63. The van der Waals surface area contributed by atoms with Crippen molar-refractivity contribution in [3.63, 3.8) is 0 Å². The summed E-state index contributed by atoms with van der Waals surface area (Å²) in [6.07, 6.45) is 1.71. The van der Waals surface area contributed by atoms with Gasteiger partial charge in [0.2, 0.25) is 0 Å². The summed E-state index contributed by atoms with van der Waals surface area (Å²) in [5.74, 6) is 1.91. The molecule has 1 aromatic rings. The molecule has 2 N–H and O–H groups in total. The molecule has 1 heterocycles. The summed E-state index contributed by atoms with van der Waals surface area (Å²) in [6.45, 7) is 11.3. The number of methoxy groups -OCH3 is 1. The van der Waals surface area contributed by atoms with Crippen molar-refractivity contribution in [2.75, 3.05) is 53.6 Å². The van der Waals surface area contributed by atoms with Gasteiger partial charge in [-0.1, -0.05) is 13.0 Å². The van der Waals surface area contributed by atoms with Crippen LogP contribution in [-0.4, -0.2) is 70.4 Å². The van der Waals surface area contributed by atoms with Crippen LogP contribution in [0.3, 0.4) is 0 Å². The van der Waals surface area contributed by atoms with E-state index in [9.17, 15) is 4.79 Å². The number of carbonyl (C=O) groups excluding carboxylic acids is 1. The van der Waals surface area contributed by atoms with Crippen molar-refractivity contribution in [1.29, 1.82) is 0 Å². The molecule has 6 heteroatoms. The van der Waals surface area contributed by atoms with Crippen LogP contribution in [0.15, 0.2) is 18.2 Å². The Balaban J connectivity index is 2.13. The summed E-state index contributed by atoms with van der Waals surface area (Å²) >= 11 is 0. The van der Waals surface area contributed by atoms with E-state index in [0.717, 1.165) is 50.3 Å². The van der Waals surface area contributed by atoms with Gasteiger partial charge >= 0.3 is 0 Å². The van der Waals surface area contributed by atoms with Crippen LogP contribution in [0.25, 0.3) is 0 Å². The van der Waals surface area contributed by atoms with Gasteiger partial charge < -0.3 is 25.0 Å². The summed E-state index contributed by atoms with van der Waals surface area (Å²) in [5, 5.41) is 6.76. The Bertz CT molecular complexity index is 636. The highest BCUT2D eigenvalue weighted by atomic mass is 16.5. The van der Waals surface area contributed by atoms with Crippen LogP contribution >= 0.6 is 0 Å².